The standard InChI is InChI=1S/C28H41N5O3/c1-2-18-15-25(18)30-28-29-16-23-24(17-33(26(23)31-28)21-3-5-22(34)6-4-21)19-7-11-32(12-8-19)27(35)20-9-13-36-14-10-20/h16-22,25,34H,2-15H2,1H3,(H,29,30,31)/t18-,21-,22-,25-/m1/s1. The number of ether oxygens (including phenoxy) is 1. The normalized spacial score (nSPS) is 30.0. The molecule has 8 heteroatoms. The predicted octanol–water partition coefficient (Wildman–Crippen LogP) is 4.25. The van der Waals surface area contributed by atoms with Gasteiger partial charge in [-0.1, -0.05) is 13.3 Å². The topological polar surface area (TPSA) is 92.5 Å². The summed E-state index contributed by atoms with van der Waals surface area (Å²) in [6.07, 6.45) is 13.9. The molecule has 2 N–H and O–H groups in total. The summed E-state index contributed by atoms with van der Waals surface area (Å²) in [6, 6.07) is 0.865. The Bertz CT molecular complexity index is 1060. The molecule has 4 fully saturated rings. The maximum absolute atomic E-state index is 13.0. The Morgan fingerprint density at radius 2 is 1.86 bits per heavy atom. The Morgan fingerprint density at radius 3 is 2.56 bits per heavy atom. The van der Waals surface area contributed by atoms with Gasteiger partial charge in [-0.2, -0.15) is 4.98 Å². The van der Waals surface area contributed by atoms with Gasteiger partial charge in [0.1, 0.15) is 5.65 Å². The molecular weight excluding hydrogens is 454 g/mol. The number of hydrogen-bond acceptors (Lipinski definition) is 6. The number of nitrogens with one attached hydrogen (secondary N) is 1. The number of hydrogen-bond donors (Lipinski definition) is 2. The van der Waals surface area contributed by atoms with Gasteiger partial charge >= 0.3 is 0 Å². The van der Waals surface area contributed by atoms with Gasteiger partial charge < -0.3 is 24.6 Å². The number of aromatic nitrogens is 3. The van der Waals surface area contributed by atoms with Crippen LogP contribution in [0.5, 0.6) is 0 Å². The molecule has 0 bridgehead atoms. The van der Waals surface area contributed by atoms with Crippen molar-refractivity contribution in [2.75, 3.05) is 31.6 Å². The van der Waals surface area contributed by atoms with Crippen LogP contribution in [0.15, 0.2) is 12.4 Å². The molecule has 4 aliphatic rings. The molecule has 4 heterocycles. The highest BCUT2D eigenvalue weighted by atomic mass is 16.5. The van der Waals surface area contributed by atoms with Gasteiger partial charge in [0.15, 0.2) is 0 Å². The molecule has 36 heavy (non-hydrogen) atoms. The Balaban J connectivity index is 1.22. The van der Waals surface area contributed by atoms with Crippen molar-refractivity contribution in [3.05, 3.63) is 18.0 Å². The second-order valence-electron chi connectivity index (χ2n) is 11.5. The third-order valence-electron chi connectivity index (χ3n) is 9.24. The largest absolute Gasteiger partial charge is 0.393 e. The van der Waals surface area contributed by atoms with Gasteiger partial charge in [0.25, 0.3) is 0 Å². The lowest BCUT2D eigenvalue weighted by Crippen LogP contribution is -2.42. The number of amides is 1. The Hall–Kier alpha value is -2.19. The quantitative estimate of drug-likeness (QED) is 0.622. The fourth-order valence-corrected chi connectivity index (χ4v) is 6.72. The number of rotatable bonds is 6. The molecule has 2 saturated heterocycles. The van der Waals surface area contributed by atoms with E-state index in [-0.39, 0.29) is 12.0 Å². The number of piperidine rings is 1. The minimum atomic E-state index is -0.173. The molecular formula is C28H41N5O3. The summed E-state index contributed by atoms with van der Waals surface area (Å²) in [5.41, 5.74) is 2.36. The minimum Gasteiger partial charge on any atom is -0.393 e. The second-order valence-corrected chi connectivity index (χ2v) is 11.5. The van der Waals surface area contributed by atoms with Crippen molar-refractivity contribution in [3.63, 3.8) is 0 Å². The zero-order chi connectivity index (χ0) is 24.6. The summed E-state index contributed by atoms with van der Waals surface area (Å²) < 4.78 is 7.83. The molecule has 2 saturated carbocycles. The summed E-state index contributed by atoms with van der Waals surface area (Å²) in [4.78, 5) is 24.9. The number of nitrogens with zero attached hydrogens (tertiary/aromatic N) is 4. The van der Waals surface area contributed by atoms with E-state index in [1.165, 1.54) is 18.4 Å². The Labute approximate surface area is 213 Å². The number of anilines is 1. The van der Waals surface area contributed by atoms with Gasteiger partial charge in [0.05, 0.1) is 6.10 Å². The Morgan fingerprint density at radius 1 is 1.11 bits per heavy atom. The number of likely N-dealkylation sites (tertiary alicyclic amines) is 1. The fourth-order valence-electron chi connectivity index (χ4n) is 6.72. The first-order valence-electron chi connectivity index (χ1n) is 14.3. The molecule has 2 aromatic rings. The van der Waals surface area contributed by atoms with Crippen molar-refractivity contribution in [3.8, 4) is 0 Å². The molecule has 0 radical (unpaired) electrons. The average Bonchev–Trinajstić information content (AvgIpc) is 3.58. The van der Waals surface area contributed by atoms with Crippen molar-refractivity contribution in [2.24, 2.45) is 11.8 Å². The van der Waals surface area contributed by atoms with Crippen LogP contribution in [0.4, 0.5) is 5.95 Å². The molecule has 1 amide bonds. The van der Waals surface area contributed by atoms with Crippen molar-refractivity contribution in [1.29, 1.82) is 0 Å². The van der Waals surface area contributed by atoms with Crippen molar-refractivity contribution < 1.29 is 14.6 Å². The highest BCUT2D eigenvalue weighted by molar-refractivity contribution is 5.82. The van der Waals surface area contributed by atoms with Crippen LogP contribution >= 0.6 is 0 Å². The first kappa shape index (κ1) is 24.2. The summed E-state index contributed by atoms with van der Waals surface area (Å²) in [5, 5.41) is 14.8. The highest BCUT2D eigenvalue weighted by Gasteiger charge is 2.36. The molecule has 2 aliphatic carbocycles. The fraction of sp³-hybridized carbons (Fsp3) is 0.750. The molecule has 2 aromatic heterocycles. The third-order valence-corrected chi connectivity index (χ3v) is 9.24. The predicted molar refractivity (Wildman–Crippen MR) is 139 cm³/mol. The van der Waals surface area contributed by atoms with E-state index in [0.717, 1.165) is 87.4 Å². The van der Waals surface area contributed by atoms with Crippen LogP contribution in [0.1, 0.15) is 88.7 Å². The van der Waals surface area contributed by atoms with Crippen LogP contribution in [-0.2, 0) is 9.53 Å². The molecule has 0 unspecified atom stereocenters. The first-order chi connectivity index (χ1) is 17.6. The zero-order valence-electron chi connectivity index (χ0n) is 21.6. The number of fused-ring (bicyclic) bond motifs is 1. The van der Waals surface area contributed by atoms with E-state index < -0.39 is 0 Å². The van der Waals surface area contributed by atoms with Crippen LogP contribution < -0.4 is 5.32 Å². The van der Waals surface area contributed by atoms with E-state index in [4.69, 9.17) is 14.7 Å². The summed E-state index contributed by atoms with van der Waals surface area (Å²) in [6.45, 7) is 5.31. The summed E-state index contributed by atoms with van der Waals surface area (Å²) in [5.74, 6) is 2.35. The SMILES string of the molecule is CC[C@@H]1C[C@H]1Nc1ncc2c(C3CCN(C(=O)C4CCOCC4)CC3)cn([C@H]3CC[C@H](O)CC3)c2n1. The van der Waals surface area contributed by atoms with Gasteiger partial charge in [-0.3, -0.25) is 4.79 Å². The van der Waals surface area contributed by atoms with Gasteiger partial charge in [-0.05, 0) is 75.2 Å². The highest BCUT2D eigenvalue weighted by Crippen LogP contribution is 2.40. The van der Waals surface area contributed by atoms with Crippen LogP contribution in [0.25, 0.3) is 11.0 Å². The maximum atomic E-state index is 13.0. The van der Waals surface area contributed by atoms with E-state index in [1.807, 2.05) is 6.20 Å². The molecule has 2 atom stereocenters. The van der Waals surface area contributed by atoms with Gasteiger partial charge in [0.2, 0.25) is 11.9 Å². The smallest absolute Gasteiger partial charge is 0.225 e. The zero-order valence-corrected chi connectivity index (χ0v) is 21.6. The van der Waals surface area contributed by atoms with Crippen LogP contribution in [0, 0.1) is 11.8 Å². The minimum absolute atomic E-state index is 0.136. The summed E-state index contributed by atoms with van der Waals surface area (Å²) >= 11 is 0. The molecule has 196 valence electrons. The number of aliphatic hydroxyl groups excluding tert-OH is 1. The lowest BCUT2D eigenvalue weighted by Gasteiger charge is -2.35. The van der Waals surface area contributed by atoms with Gasteiger partial charge in [0, 0.05) is 62.1 Å². The molecule has 6 rings (SSSR count). The molecule has 2 aliphatic heterocycles. The lowest BCUT2D eigenvalue weighted by atomic mass is 9.88. The molecule has 8 nitrogen and oxygen atoms in total. The van der Waals surface area contributed by atoms with E-state index in [1.54, 1.807) is 0 Å². The van der Waals surface area contributed by atoms with E-state index in [2.05, 4.69) is 27.9 Å². The number of carbonyl (C=O) groups is 1. The van der Waals surface area contributed by atoms with E-state index in [9.17, 15) is 9.90 Å². The maximum Gasteiger partial charge on any atom is 0.225 e. The van der Waals surface area contributed by atoms with Crippen LogP contribution in [-0.4, -0.2) is 68.9 Å². The van der Waals surface area contributed by atoms with Crippen molar-refractivity contribution >= 4 is 22.9 Å². The average molecular weight is 496 g/mol. The second kappa shape index (κ2) is 10.3. The lowest BCUT2D eigenvalue weighted by molar-refractivity contribution is -0.139. The number of carbonyl (C=O) groups excluding carboxylic acids is 1. The van der Waals surface area contributed by atoms with Crippen molar-refractivity contribution in [2.45, 2.75) is 95.2 Å². The first-order valence-corrected chi connectivity index (χ1v) is 14.3. The Kier molecular flexibility index (Phi) is 6.90. The van der Waals surface area contributed by atoms with Crippen LogP contribution in [0.2, 0.25) is 0 Å². The van der Waals surface area contributed by atoms with Gasteiger partial charge in [-0.25, -0.2) is 4.98 Å². The van der Waals surface area contributed by atoms with Gasteiger partial charge in [-0.15, -0.1) is 0 Å². The summed E-state index contributed by atoms with van der Waals surface area (Å²) in [7, 11) is 0. The van der Waals surface area contributed by atoms with E-state index >= 15 is 0 Å². The number of aliphatic hydroxyl groups is 1. The molecule has 0 spiro atoms. The molecule has 0 aromatic carbocycles. The van der Waals surface area contributed by atoms with Crippen molar-refractivity contribution in [1.82, 2.24) is 19.4 Å². The van der Waals surface area contributed by atoms with Crippen LogP contribution in [0.3, 0.4) is 0 Å². The third kappa shape index (κ3) is 4.86. The monoisotopic (exact) mass is 495 g/mol. The van der Waals surface area contributed by atoms with E-state index in [0.29, 0.717) is 37.1 Å².